The topological polar surface area (TPSA) is 65.5 Å². The minimum Gasteiger partial charge on any atom is -0.333 e. The normalized spacial score (nSPS) is 15.1. The standard InChI is InChI=1S/C13H18N4O2/c1-16(10-11-3-2-4-15-9-11)12(18)13(19)17-7-5-14-6-8-17/h2-4,9,14H,5-8,10H2,1H3. The van der Waals surface area contributed by atoms with E-state index in [-0.39, 0.29) is 0 Å². The van der Waals surface area contributed by atoms with E-state index in [1.54, 1.807) is 24.3 Å². The molecule has 0 aromatic carbocycles. The molecule has 6 nitrogen and oxygen atoms in total. The highest BCUT2D eigenvalue weighted by atomic mass is 16.2. The zero-order chi connectivity index (χ0) is 13.7. The van der Waals surface area contributed by atoms with Crippen LogP contribution in [0.3, 0.4) is 0 Å². The molecule has 1 saturated heterocycles. The van der Waals surface area contributed by atoms with Gasteiger partial charge in [-0.3, -0.25) is 14.6 Å². The van der Waals surface area contributed by atoms with E-state index in [1.807, 2.05) is 12.1 Å². The van der Waals surface area contributed by atoms with Crippen molar-refractivity contribution in [2.24, 2.45) is 0 Å². The molecule has 0 radical (unpaired) electrons. The van der Waals surface area contributed by atoms with Crippen molar-refractivity contribution < 1.29 is 9.59 Å². The van der Waals surface area contributed by atoms with Crippen LogP contribution in [0.5, 0.6) is 0 Å². The molecule has 0 saturated carbocycles. The van der Waals surface area contributed by atoms with Gasteiger partial charge < -0.3 is 15.1 Å². The molecule has 2 amide bonds. The minimum atomic E-state index is -0.467. The number of carbonyl (C=O) groups is 2. The van der Waals surface area contributed by atoms with Gasteiger partial charge in [-0.1, -0.05) is 6.07 Å². The van der Waals surface area contributed by atoms with Gasteiger partial charge in [0, 0.05) is 52.2 Å². The molecule has 2 heterocycles. The largest absolute Gasteiger partial charge is 0.333 e. The lowest BCUT2D eigenvalue weighted by Crippen LogP contribution is -2.51. The summed E-state index contributed by atoms with van der Waals surface area (Å²) >= 11 is 0. The van der Waals surface area contributed by atoms with Crippen LogP contribution < -0.4 is 5.32 Å². The Morgan fingerprint density at radius 2 is 2.16 bits per heavy atom. The first-order valence-corrected chi connectivity index (χ1v) is 6.32. The maximum absolute atomic E-state index is 12.0. The summed E-state index contributed by atoms with van der Waals surface area (Å²) in [7, 11) is 1.63. The fraction of sp³-hybridized carbons (Fsp3) is 0.462. The third-order valence-corrected chi connectivity index (χ3v) is 3.08. The van der Waals surface area contributed by atoms with Crippen LogP contribution in [0.25, 0.3) is 0 Å². The lowest BCUT2D eigenvalue weighted by Gasteiger charge is -2.28. The summed E-state index contributed by atoms with van der Waals surface area (Å²) in [5.74, 6) is -0.890. The Bertz CT molecular complexity index is 443. The highest BCUT2D eigenvalue weighted by Crippen LogP contribution is 2.03. The van der Waals surface area contributed by atoms with E-state index in [9.17, 15) is 9.59 Å². The molecule has 6 heteroatoms. The molecule has 0 bridgehead atoms. The van der Waals surface area contributed by atoms with Gasteiger partial charge in [-0.2, -0.15) is 0 Å². The van der Waals surface area contributed by atoms with E-state index in [2.05, 4.69) is 10.3 Å². The van der Waals surface area contributed by atoms with Gasteiger partial charge in [-0.15, -0.1) is 0 Å². The van der Waals surface area contributed by atoms with Gasteiger partial charge in [-0.05, 0) is 11.6 Å². The van der Waals surface area contributed by atoms with E-state index in [0.717, 1.165) is 18.7 Å². The van der Waals surface area contributed by atoms with Crippen LogP contribution in [0.4, 0.5) is 0 Å². The Morgan fingerprint density at radius 3 is 2.79 bits per heavy atom. The van der Waals surface area contributed by atoms with Gasteiger partial charge in [-0.25, -0.2) is 0 Å². The average molecular weight is 262 g/mol. The summed E-state index contributed by atoms with van der Waals surface area (Å²) in [5, 5.41) is 3.15. The number of hydrogen-bond donors (Lipinski definition) is 1. The maximum Gasteiger partial charge on any atom is 0.312 e. The molecule has 19 heavy (non-hydrogen) atoms. The highest BCUT2D eigenvalue weighted by molar-refractivity contribution is 6.34. The number of likely N-dealkylation sites (N-methyl/N-ethyl adjacent to an activating group) is 1. The van der Waals surface area contributed by atoms with Crippen molar-refractivity contribution in [3.8, 4) is 0 Å². The number of carbonyl (C=O) groups excluding carboxylic acids is 2. The first-order chi connectivity index (χ1) is 9.18. The zero-order valence-electron chi connectivity index (χ0n) is 11.0. The second-order valence-corrected chi connectivity index (χ2v) is 4.56. The summed E-state index contributed by atoms with van der Waals surface area (Å²) in [4.78, 5) is 31.1. The molecule has 1 aromatic rings. The Kier molecular flexibility index (Phi) is 4.46. The van der Waals surface area contributed by atoms with Gasteiger partial charge in [0.05, 0.1) is 0 Å². The monoisotopic (exact) mass is 262 g/mol. The van der Waals surface area contributed by atoms with Crippen LogP contribution in [0.2, 0.25) is 0 Å². The number of amides is 2. The van der Waals surface area contributed by atoms with Crippen LogP contribution >= 0.6 is 0 Å². The second-order valence-electron chi connectivity index (χ2n) is 4.56. The number of nitrogens with one attached hydrogen (secondary N) is 1. The lowest BCUT2D eigenvalue weighted by atomic mass is 10.2. The van der Waals surface area contributed by atoms with Gasteiger partial charge in [0.15, 0.2) is 0 Å². The Morgan fingerprint density at radius 1 is 1.42 bits per heavy atom. The number of hydrogen-bond acceptors (Lipinski definition) is 4. The average Bonchev–Trinajstić information content (AvgIpc) is 2.47. The zero-order valence-corrected chi connectivity index (χ0v) is 11.0. The molecule has 1 aliphatic rings. The summed E-state index contributed by atoms with van der Waals surface area (Å²) in [6.07, 6.45) is 3.37. The van der Waals surface area contributed by atoms with Gasteiger partial charge in [0.1, 0.15) is 0 Å². The first-order valence-electron chi connectivity index (χ1n) is 6.32. The number of aromatic nitrogens is 1. The quantitative estimate of drug-likeness (QED) is 0.728. The summed E-state index contributed by atoms with van der Waals surface area (Å²) < 4.78 is 0. The highest BCUT2D eigenvalue weighted by Gasteiger charge is 2.25. The summed E-state index contributed by atoms with van der Waals surface area (Å²) in [5.41, 5.74) is 0.909. The molecule has 0 atom stereocenters. The van der Waals surface area contributed by atoms with Crippen molar-refractivity contribution in [3.05, 3.63) is 30.1 Å². The first kappa shape index (κ1) is 13.5. The third-order valence-electron chi connectivity index (χ3n) is 3.08. The number of nitrogens with zero attached hydrogens (tertiary/aromatic N) is 3. The predicted octanol–water partition coefficient (Wildman–Crippen LogP) is -0.528. The number of rotatable bonds is 2. The molecule has 1 aromatic heterocycles. The van der Waals surface area contributed by atoms with Crippen molar-refractivity contribution in [3.63, 3.8) is 0 Å². The molecule has 1 fully saturated rings. The number of piperazine rings is 1. The second kappa shape index (κ2) is 6.29. The van der Waals surface area contributed by atoms with Crippen molar-refractivity contribution in [2.45, 2.75) is 6.54 Å². The van der Waals surface area contributed by atoms with Crippen LogP contribution in [-0.4, -0.2) is 59.8 Å². The molecule has 102 valence electrons. The van der Waals surface area contributed by atoms with Gasteiger partial charge in [0.25, 0.3) is 0 Å². The van der Waals surface area contributed by atoms with Crippen molar-refractivity contribution in [1.29, 1.82) is 0 Å². The van der Waals surface area contributed by atoms with Crippen LogP contribution in [0.1, 0.15) is 5.56 Å². The predicted molar refractivity (Wildman–Crippen MR) is 70.2 cm³/mol. The van der Waals surface area contributed by atoms with E-state index >= 15 is 0 Å². The molecule has 2 rings (SSSR count). The number of pyridine rings is 1. The van der Waals surface area contributed by atoms with Crippen molar-refractivity contribution in [1.82, 2.24) is 20.1 Å². The fourth-order valence-electron chi connectivity index (χ4n) is 2.00. The van der Waals surface area contributed by atoms with Crippen molar-refractivity contribution >= 4 is 11.8 Å². The van der Waals surface area contributed by atoms with Crippen LogP contribution in [0.15, 0.2) is 24.5 Å². The fourth-order valence-corrected chi connectivity index (χ4v) is 2.00. The third kappa shape index (κ3) is 3.51. The summed E-state index contributed by atoms with van der Waals surface area (Å²) in [6.45, 7) is 3.05. The lowest BCUT2D eigenvalue weighted by molar-refractivity contribution is -0.151. The van der Waals surface area contributed by atoms with Crippen molar-refractivity contribution in [2.75, 3.05) is 33.2 Å². The van der Waals surface area contributed by atoms with Gasteiger partial charge in [0.2, 0.25) is 0 Å². The maximum atomic E-state index is 12.0. The molecular formula is C13H18N4O2. The van der Waals surface area contributed by atoms with E-state index in [0.29, 0.717) is 19.6 Å². The summed E-state index contributed by atoms with van der Waals surface area (Å²) in [6, 6.07) is 3.69. The minimum absolute atomic E-state index is 0.393. The smallest absolute Gasteiger partial charge is 0.312 e. The Balaban J connectivity index is 1.93. The van der Waals surface area contributed by atoms with E-state index in [4.69, 9.17) is 0 Å². The molecule has 0 aliphatic carbocycles. The molecule has 1 aliphatic heterocycles. The SMILES string of the molecule is CN(Cc1cccnc1)C(=O)C(=O)N1CCNCC1. The van der Waals surface area contributed by atoms with E-state index in [1.165, 1.54) is 4.90 Å². The molecule has 0 spiro atoms. The molecule has 1 N–H and O–H groups in total. The van der Waals surface area contributed by atoms with Crippen LogP contribution in [-0.2, 0) is 16.1 Å². The van der Waals surface area contributed by atoms with Crippen LogP contribution in [0, 0.1) is 0 Å². The molecule has 0 unspecified atom stereocenters. The Hall–Kier alpha value is -1.95. The van der Waals surface area contributed by atoms with E-state index < -0.39 is 11.8 Å². The molecular weight excluding hydrogens is 244 g/mol. The van der Waals surface area contributed by atoms with Gasteiger partial charge >= 0.3 is 11.8 Å². The Labute approximate surface area is 112 Å².